The van der Waals surface area contributed by atoms with Crippen molar-refractivity contribution in [1.82, 2.24) is 5.32 Å². The number of hydrogen-bond donors (Lipinski definition) is 1. The third-order valence-corrected chi connectivity index (χ3v) is 4.17. The van der Waals surface area contributed by atoms with Gasteiger partial charge in [0, 0.05) is 6.04 Å². The summed E-state index contributed by atoms with van der Waals surface area (Å²) in [6.07, 6.45) is 2.12. The first-order chi connectivity index (χ1) is 9.65. The molecule has 0 saturated carbocycles. The third kappa shape index (κ3) is 3.29. The third-order valence-electron chi connectivity index (χ3n) is 4.17. The Hall–Kier alpha value is -1.60. The summed E-state index contributed by atoms with van der Waals surface area (Å²) in [6.45, 7) is 6.58. The molecule has 106 valence electrons. The van der Waals surface area contributed by atoms with E-state index in [0.29, 0.717) is 6.04 Å². The van der Waals surface area contributed by atoms with E-state index in [2.05, 4.69) is 75.6 Å². The number of aryl methyl sites for hydroxylation is 3. The minimum absolute atomic E-state index is 0.383. The van der Waals surface area contributed by atoms with Gasteiger partial charge in [0.2, 0.25) is 0 Å². The molecule has 0 fully saturated rings. The lowest BCUT2D eigenvalue weighted by Gasteiger charge is -2.20. The van der Waals surface area contributed by atoms with E-state index in [9.17, 15) is 0 Å². The van der Waals surface area contributed by atoms with Crippen molar-refractivity contribution in [1.29, 1.82) is 0 Å². The molecule has 2 aromatic carbocycles. The highest BCUT2D eigenvalue weighted by molar-refractivity contribution is 5.34. The topological polar surface area (TPSA) is 12.0 Å². The van der Waals surface area contributed by atoms with Crippen molar-refractivity contribution in [3.63, 3.8) is 0 Å². The molecule has 0 bridgehead atoms. The van der Waals surface area contributed by atoms with Gasteiger partial charge in [0.15, 0.2) is 0 Å². The highest BCUT2D eigenvalue weighted by Crippen LogP contribution is 2.23. The van der Waals surface area contributed by atoms with Crippen LogP contribution in [0.15, 0.2) is 42.5 Å². The van der Waals surface area contributed by atoms with Gasteiger partial charge in [-0.3, -0.25) is 0 Å². The number of likely N-dealkylation sites (N-methyl/N-ethyl adjacent to an activating group) is 1. The molecule has 1 unspecified atom stereocenters. The second-order valence-electron chi connectivity index (χ2n) is 5.52. The first-order valence-electron chi connectivity index (χ1n) is 7.47. The zero-order valence-electron chi connectivity index (χ0n) is 13.0. The molecular weight excluding hydrogens is 242 g/mol. The van der Waals surface area contributed by atoms with Gasteiger partial charge >= 0.3 is 0 Å². The van der Waals surface area contributed by atoms with Gasteiger partial charge in [0.05, 0.1) is 0 Å². The average molecular weight is 267 g/mol. The summed E-state index contributed by atoms with van der Waals surface area (Å²) in [6, 6.07) is 15.9. The van der Waals surface area contributed by atoms with Crippen LogP contribution in [0.1, 0.15) is 40.8 Å². The minimum atomic E-state index is 0.383. The Labute approximate surface area is 123 Å². The molecule has 0 aliphatic heterocycles. The molecule has 0 radical (unpaired) electrons. The molecule has 0 aliphatic carbocycles. The summed E-state index contributed by atoms with van der Waals surface area (Å²) in [5.74, 6) is 0. The summed E-state index contributed by atoms with van der Waals surface area (Å²) in [5.41, 5.74) is 7.01. The van der Waals surface area contributed by atoms with Crippen LogP contribution in [0.3, 0.4) is 0 Å². The van der Waals surface area contributed by atoms with Gasteiger partial charge in [-0.2, -0.15) is 0 Å². The van der Waals surface area contributed by atoms with Gasteiger partial charge in [0.1, 0.15) is 0 Å². The van der Waals surface area contributed by atoms with Gasteiger partial charge in [0.25, 0.3) is 0 Å². The molecule has 0 aliphatic rings. The second kappa shape index (κ2) is 6.71. The van der Waals surface area contributed by atoms with Crippen molar-refractivity contribution in [3.8, 4) is 0 Å². The maximum Gasteiger partial charge on any atom is 0.0361 e. The molecule has 2 aromatic rings. The van der Waals surface area contributed by atoms with E-state index in [1.807, 2.05) is 0 Å². The highest BCUT2D eigenvalue weighted by Gasteiger charge is 2.13. The van der Waals surface area contributed by atoms with E-state index >= 15 is 0 Å². The average Bonchev–Trinajstić information content (AvgIpc) is 2.48. The summed E-state index contributed by atoms with van der Waals surface area (Å²) < 4.78 is 0. The van der Waals surface area contributed by atoms with Crippen LogP contribution in [0, 0.1) is 13.8 Å². The van der Waals surface area contributed by atoms with E-state index < -0.39 is 0 Å². The lowest BCUT2D eigenvalue weighted by Crippen LogP contribution is -2.20. The molecule has 1 atom stereocenters. The van der Waals surface area contributed by atoms with E-state index in [1.54, 1.807) is 0 Å². The molecule has 1 heteroatoms. The Morgan fingerprint density at radius 3 is 2.40 bits per heavy atom. The smallest absolute Gasteiger partial charge is 0.0361 e. The lowest BCUT2D eigenvalue weighted by atomic mass is 9.93. The van der Waals surface area contributed by atoms with Crippen LogP contribution < -0.4 is 5.32 Å². The molecule has 0 amide bonds. The van der Waals surface area contributed by atoms with Crippen LogP contribution in [0.2, 0.25) is 0 Å². The molecule has 1 N–H and O–H groups in total. The predicted molar refractivity (Wildman–Crippen MR) is 87.2 cm³/mol. The normalized spacial score (nSPS) is 12.4. The minimum Gasteiger partial charge on any atom is -0.313 e. The van der Waals surface area contributed by atoms with E-state index in [-0.39, 0.29) is 0 Å². The lowest BCUT2D eigenvalue weighted by molar-refractivity contribution is 0.586. The fourth-order valence-electron chi connectivity index (χ4n) is 2.73. The molecule has 0 heterocycles. The summed E-state index contributed by atoms with van der Waals surface area (Å²) in [4.78, 5) is 0. The fourth-order valence-corrected chi connectivity index (χ4v) is 2.73. The maximum atomic E-state index is 3.48. The highest BCUT2D eigenvalue weighted by atomic mass is 14.9. The quantitative estimate of drug-likeness (QED) is 0.848. The standard InChI is InChI=1S/C19H25N/c1-5-17-8-6-7-9-18(17)19(20-4)13-16-11-10-14(2)15(3)12-16/h6-12,19-20H,5,13H2,1-4H3. The fraction of sp³-hybridized carbons (Fsp3) is 0.368. The van der Waals surface area contributed by atoms with Crippen molar-refractivity contribution in [2.45, 2.75) is 39.7 Å². The molecule has 0 aromatic heterocycles. The molecule has 0 saturated heterocycles. The number of rotatable bonds is 5. The Kier molecular flexibility index (Phi) is 4.97. The summed E-state index contributed by atoms with van der Waals surface area (Å²) in [7, 11) is 2.05. The van der Waals surface area contributed by atoms with E-state index in [1.165, 1.54) is 27.8 Å². The predicted octanol–water partition coefficient (Wildman–Crippen LogP) is 4.37. The van der Waals surface area contributed by atoms with Gasteiger partial charge < -0.3 is 5.32 Å². The molecule has 20 heavy (non-hydrogen) atoms. The van der Waals surface area contributed by atoms with Gasteiger partial charge in [-0.1, -0.05) is 49.4 Å². The van der Waals surface area contributed by atoms with Crippen molar-refractivity contribution < 1.29 is 0 Å². The second-order valence-corrected chi connectivity index (χ2v) is 5.52. The van der Waals surface area contributed by atoms with Crippen LogP contribution in [0.5, 0.6) is 0 Å². The van der Waals surface area contributed by atoms with Crippen LogP contribution >= 0.6 is 0 Å². The van der Waals surface area contributed by atoms with Crippen molar-refractivity contribution in [2.75, 3.05) is 7.05 Å². The number of benzene rings is 2. The number of hydrogen-bond acceptors (Lipinski definition) is 1. The summed E-state index contributed by atoms with van der Waals surface area (Å²) in [5, 5.41) is 3.48. The SMILES string of the molecule is CCc1ccccc1C(Cc1ccc(C)c(C)c1)NC. The monoisotopic (exact) mass is 267 g/mol. The van der Waals surface area contributed by atoms with Gasteiger partial charge in [-0.05, 0) is 61.6 Å². The molecule has 2 rings (SSSR count). The van der Waals surface area contributed by atoms with Crippen molar-refractivity contribution in [2.24, 2.45) is 0 Å². The first kappa shape index (κ1) is 14.8. The van der Waals surface area contributed by atoms with Crippen LogP contribution in [0.25, 0.3) is 0 Å². The van der Waals surface area contributed by atoms with Crippen LogP contribution in [-0.4, -0.2) is 7.05 Å². The maximum absolute atomic E-state index is 3.48. The Balaban J connectivity index is 2.26. The van der Waals surface area contributed by atoms with Crippen LogP contribution in [0.4, 0.5) is 0 Å². The van der Waals surface area contributed by atoms with Gasteiger partial charge in [-0.25, -0.2) is 0 Å². The molecule has 1 nitrogen and oxygen atoms in total. The molecular formula is C19H25N. The van der Waals surface area contributed by atoms with Crippen molar-refractivity contribution in [3.05, 3.63) is 70.3 Å². The zero-order chi connectivity index (χ0) is 14.5. The Bertz CT molecular complexity index is 572. The van der Waals surface area contributed by atoms with Crippen LogP contribution in [-0.2, 0) is 12.8 Å². The van der Waals surface area contributed by atoms with Crippen molar-refractivity contribution >= 4 is 0 Å². The zero-order valence-corrected chi connectivity index (χ0v) is 13.0. The first-order valence-corrected chi connectivity index (χ1v) is 7.47. The Morgan fingerprint density at radius 2 is 1.75 bits per heavy atom. The van der Waals surface area contributed by atoms with Gasteiger partial charge in [-0.15, -0.1) is 0 Å². The van der Waals surface area contributed by atoms with E-state index in [4.69, 9.17) is 0 Å². The number of nitrogens with one attached hydrogen (secondary N) is 1. The summed E-state index contributed by atoms with van der Waals surface area (Å²) >= 11 is 0. The largest absolute Gasteiger partial charge is 0.313 e. The Morgan fingerprint density at radius 1 is 1.00 bits per heavy atom. The van der Waals surface area contributed by atoms with E-state index in [0.717, 1.165) is 12.8 Å². The molecule has 0 spiro atoms.